The average Bonchev–Trinajstić information content (AvgIpc) is 2.39. The largest absolute Gasteiger partial charge is 0.370 e. The molecule has 0 aromatic heterocycles. The van der Waals surface area contributed by atoms with Crippen molar-refractivity contribution in [2.45, 2.75) is 12.8 Å². The van der Waals surface area contributed by atoms with Crippen molar-refractivity contribution in [3.05, 3.63) is 29.8 Å². The number of alkyl halides is 1. The molecule has 1 amide bonds. The molecule has 1 aromatic rings. The van der Waals surface area contributed by atoms with E-state index in [2.05, 4.69) is 34.5 Å². The lowest BCUT2D eigenvalue weighted by atomic mass is 10.0. The predicted octanol–water partition coefficient (Wildman–Crippen LogP) is 1.79. The van der Waals surface area contributed by atoms with Gasteiger partial charge in [0.2, 0.25) is 5.91 Å². The number of carbonyl (C=O) groups is 1. The summed E-state index contributed by atoms with van der Waals surface area (Å²) in [5.74, 6) is -0.0618. The number of nitrogens with zero attached hydrogens (tertiary/aromatic N) is 1. The quantitative estimate of drug-likeness (QED) is 0.829. The number of aryl methyl sites for hydroxylation is 1. The summed E-state index contributed by atoms with van der Waals surface area (Å²) in [6, 6.07) is 8.48. The van der Waals surface area contributed by atoms with Gasteiger partial charge in [0.25, 0.3) is 0 Å². The Balaban J connectivity index is 1.92. The number of carbonyl (C=O) groups excluding carboxylic acids is 1. The third-order valence-electron chi connectivity index (χ3n) is 3.03. The van der Waals surface area contributed by atoms with E-state index in [0.29, 0.717) is 6.54 Å². The zero-order chi connectivity index (χ0) is 12.1. The van der Waals surface area contributed by atoms with Gasteiger partial charge in [-0.15, -0.1) is 11.6 Å². The Labute approximate surface area is 107 Å². The SMILES string of the molecule is O=C(CCl)NCCN1CCCc2ccccc21. The van der Waals surface area contributed by atoms with E-state index in [1.807, 2.05) is 0 Å². The summed E-state index contributed by atoms with van der Waals surface area (Å²) in [5.41, 5.74) is 2.71. The van der Waals surface area contributed by atoms with Gasteiger partial charge in [0.05, 0.1) is 0 Å². The molecule has 0 saturated heterocycles. The van der Waals surface area contributed by atoms with Crippen molar-refractivity contribution in [3.63, 3.8) is 0 Å². The minimum atomic E-state index is -0.100. The van der Waals surface area contributed by atoms with Gasteiger partial charge < -0.3 is 10.2 Å². The molecule has 1 aliphatic heterocycles. The highest BCUT2D eigenvalue weighted by Crippen LogP contribution is 2.25. The summed E-state index contributed by atoms with van der Waals surface area (Å²) in [7, 11) is 0. The molecule has 0 atom stereocenters. The van der Waals surface area contributed by atoms with E-state index < -0.39 is 0 Å². The molecule has 0 unspecified atom stereocenters. The monoisotopic (exact) mass is 252 g/mol. The van der Waals surface area contributed by atoms with Crippen LogP contribution in [0.25, 0.3) is 0 Å². The highest BCUT2D eigenvalue weighted by molar-refractivity contribution is 6.27. The van der Waals surface area contributed by atoms with Gasteiger partial charge in [-0.3, -0.25) is 4.79 Å². The molecule has 1 N–H and O–H groups in total. The Morgan fingerprint density at radius 3 is 3.06 bits per heavy atom. The highest BCUT2D eigenvalue weighted by atomic mass is 35.5. The van der Waals surface area contributed by atoms with Crippen LogP contribution < -0.4 is 10.2 Å². The maximum Gasteiger partial charge on any atom is 0.234 e. The molecular weight excluding hydrogens is 236 g/mol. The second kappa shape index (κ2) is 5.92. The Bertz CT molecular complexity index is 395. The summed E-state index contributed by atoms with van der Waals surface area (Å²) in [4.78, 5) is 13.4. The number of fused-ring (bicyclic) bond motifs is 1. The first-order valence-corrected chi connectivity index (χ1v) is 6.50. The van der Waals surface area contributed by atoms with Crippen LogP contribution in [0.15, 0.2) is 24.3 Å². The molecular formula is C13H17ClN2O. The Morgan fingerprint density at radius 1 is 1.41 bits per heavy atom. The third kappa shape index (κ3) is 3.13. The number of hydrogen-bond acceptors (Lipinski definition) is 2. The summed E-state index contributed by atoms with van der Waals surface area (Å²) in [6.45, 7) is 2.56. The van der Waals surface area contributed by atoms with Gasteiger partial charge in [0.15, 0.2) is 0 Å². The lowest BCUT2D eigenvalue weighted by Crippen LogP contribution is -2.37. The summed E-state index contributed by atoms with van der Waals surface area (Å²) in [6.07, 6.45) is 2.33. The van der Waals surface area contributed by atoms with Crippen molar-refractivity contribution in [1.29, 1.82) is 0 Å². The number of benzene rings is 1. The van der Waals surface area contributed by atoms with E-state index in [-0.39, 0.29) is 11.8 Å². The fourth-order valence-electron chi connectivity index (χ4n) is 2.22. The number of rotatable bonds is 4. The van der Waals surface area contributed by atoms with Crippen molar-refractivity contribution in [3.8, 4) is 0 Å². The number of para-hydroxylation sites is 1. The average molecular weight is 253 g/mol. The molecule has 0 fully saturated rings. The van der Waals surface area contributed by atoms with Crippen LogP contribution in [0.3, 0.4) is 0 Å². The van der Waals surface area contributed by atoms with Crippen LogP contribution in [-0.4, -0.2) is 31.4 Å². The molecule has 1 aromatic carbocycles. The van der Waals surface area contributed by atoms with Gasteiger partial charge >= 0.3 is 0 Å². The van der Waals surface area contributed by atoms with E-state index in [1.165, 1.54) is 17.7 Å². The molecule has 1 aliphatic rings. The number of halogens is 1. The predicted molar refractivity (Wildman–Crippen MR) is 70.7 cm³/mol. The fourth-order valence-corrected chi connectivity index (χ4v) is 2.32. The topological polar surface area (TPSA) is 32.3 Å². The van der Waals surface area contributed by atoms with Crippen LogP contribution in [0.1, 0.15) is 12.0 Å². The molecule has 3 nitrogen and oxygen atoms in total. The Hall–Kier alpha value is -1.22. The first-order valence-electron chi connectivity index (χ1n) is 5.97. The van der Waals surface area contributed by atoms with E-state index >= 15 is 0 Å². The van der Waals surface area contributed by atoms with Crippen molar-refractivity contribution >= 4 is 23.2 Å². The zero-order valence-corrected chi connectivity index (χ0v) is 10.5. The van der Waals surface area contributed by atoms with Gasteiger partial charge in [-0.05, 0) is 24.5 Å². The van der Waals surface area contributed by atoms with E-state index in [0.717, 1.165) is 19.5 Å². The summed E-state index contributed by atoms with van der Waals surface area (Å²) >= 11 is 5.43. The van der Waals surface area contributed by atoms with Gasteiger partial charge in [-0.1, -0.05) is 18.2 Å². The van der Waals surface area contributed by atoms with Crippen LogP contribution in [0.2, 0.25) is 0 Å². The molecule has 0 aliphatic carbocycles. The normalized spacial score (nSPS) is 14.3. The summed E-state index contributed by atoms with van der Waals surface area (Å²) < 4.78 is 0. The number of hydrogen-bond donors (Lipinski definition) is 1. The molecule has 0 radical (unpaired) electrons. The number of nitrogens with one attached hydrogen (secondary N) is 1. The van der Waals surface area contributed by atoms with Gasteiger partial charge in [-0.2, -0.15) is 0 Å². The molecule has 92 valence electrons. The van der Waals surface area contributed by atoms with Crippen LogP contribution >= 0.6 is 11.6 Å². The van der Waals surface area contributed by atoms with E-state index in [4.69, 9.17) is 11.6 Å². The zero-order valence-electron chi connectivity index (χ0n) is 9.79. The maximum absolute atomic E-state index is 11.0. The summed E-state index contributed by atoms with van der Waals surface area (Å²) in [5, 5.41) is 2.80. The van der Waals surface area contributed by atoms with Crippen LogP contribution in [0.4, 0.5) is 5.69 Å². The molecule has 1 heterocycles. The third-order valence-corrected chi connectivity index (χ3v) is 3.27. The molecule has 0 bridgehead atoms. The van der Waals surface area contributed by atoms with Gasteiger partial charge in [0.1, 0.15) is 5.88 Å². The molecule has 0 saturated carbocycles. The first-order chi connectivity index (χ1) is 8.31. The highest BCUT2D eigenvalue weighted by Gasteiger charge is 2.15. The van der Waals surface area contributed by atoms with Crippen molar-refractivity contribution in [1.82, 2.24) is 5.32 Å². The Kier molecular flexibility index (Phi) is 4.26. The molecule has 2 rings (SSSR count). The van der Waals surface area contributed by atoms with E-state index in [1.54, 1.807) is 0 Å². The first kappa shape index (κ1) is 12.2. The number of anilines is 1. The molecule has 17 heavy (non-hydrogen) atoms. The Morgan fingerprint density at radius 2 is 2.24 bits per heavy atom. The standard InChI is InChI=1S/C13H17ClN2O/c14-10-13(17)15-7-9-16-8-3-5-11-4-1-2-6-12(11)16/h1-2,4,6H,3,5,7-10H2,(H,15,17). The van der Waals surface area contributed by atoms with Crippen LogP contribution in [-0.2, 0) is 11.2 Å². The van der Waals surface area contributed by atoms with Crippen molar-refractivity contribution in [2.24, 2.45) is 0 Å². The maximum atomic E-state index is 11.0. The minimum Gasteiger partial charge on any atom is -0.370 e. The second-order valence-corrected chi connectivity index (χ2v) is 4.47. The van der Waals surface area contributed by atoms with E-state index in [9.17, 15) is 4.79 Å². The van der Waals surface area contributed by atoms with Crippen molar-refractivity contribution in [2.75, 3.05) is 30.4 Å². The minimum absolute atomic E-state index is 0.0383. The van der Waals surface area contributed by atoms with Gasteiger partial charge in [-0.25, -0.2) is 0 Å². The lowest BCUT2D eigenvalue weighted by Gasteiger charge is -2.31. The van der Waals surface area contributed by atoms with Crippen LogP contribution in [0.5, 0.6) is 0 Å². The molecule has 0 spiro atoms. The fraction of sp³-hybridized carbons (Fsp3) is 0.462. The van der Waals surface area contributed by atoms with Crippen molar-refractivity contribution < 1.29 is 4.79 Å². The van der Waals surface area contributed by atoms with Gasteiger partial charge in [0, 0.05) is 25.3 Å². The second-order valence-electron chi connectivity index (χ2n) is 4.20. The molecule has 4 heteroatoms. The smallest absolute Gasteiger partial charge is 0.234 e. The van der Waals surface area contributed by atoms with Crippen LogP contribution in [0, 0.1) is 0 Å². The lowest BCUT2D eigenvalue weighted by molar-refractivity contribution is -0.118. The number of amides is 1.